The van der Waals surface area contributed by atoms with Crippen molar-refractivity contribution in [3.63, 3.8) is 0 Å². The molecule has 1 atom stereocenters. The molecule has 0 saturated carbocycles. The molecule has 0 aliphatic rings. The fourth-order valence-corrected chi connectivity index (χ4v) is 3.42. The third kappa shape index (κ3) is 5.03. The number of halogens is 1. The van der Waals surface area contributed by atoms with Gasteiger partial charge >= 0.3 is 10.2 Å². The van der Waals surface area contributed by atoms with Gasteiger partial charge in [0.15, 0.2) is 0 Å². The van der Waals surface area contributed by atoms with Crippen LogP contribution in [0, 0.1) is 5.92 Å². The Bertz CT molecular complexity index is 668. The van der Waals surface area contributed by atoms with Crippen LogP contribution >= 0.6 is 0 Å². The molecule has 0 aliphatic carbocycles. The van der Waals surface area contributed by atoms with Crippen LogP contribution in [0.4, 0.5) is 3.89 Å². The predicted octanol–water partition coefficient (Wildman–Crippen LogP) is 1.29. The molecule has 1 unspecified atom stereocenters. The molecule has 9 heteroatoms. The molecule has 21 heavy (non-hydrogen) atoms. The minimum Gasteiger partial charge on any atom is -0.383 e. The average molecular weight is 339 g/mol. The molecule has 1 aromatic carbocycles. The van der Waals surface area contributed by atoms with Gasteiger partial charge in [-0.2, -0.15) is 8.42 Å². The Morgan fingerprint density at radius 1 is 1.10 bits per heavy atom. The van der Waals surface area contributed by atoms with E-state index >= 15 is 0 Å². The summed E-state index contributed by atoms with van der Waals surface area (Å²) in [5.74, 6) is 0.00483. The lowest BCUT2D eigenvalue weighted by Gasteiger charge is -2.21. The molecule has 1 rings (SSSR count). The minimum absolute atomic E-state index is 0.00483. The zero-order valence-electron chi connectivity index (χ0n) is 11.9. The van der Waals surface area contributed by atoms with Gasteiger partial charge in [-0.25, -0.2) is 13.1 Å². The van der Waals surface area contributed by atoms with Crippen molar-refractivity contribution in [2.45, 2.75) is 29.7 Å². The van der Waals surface area contributed by atoms with Gasteiger partial charge in [-0.3, -0.25) is 0 Å². The molecule has 0 saturated heterocycles. The van der Waals surface area contributed by atoms with E-state index in [1.165, 1.54) is 7.11 Å². The molecule has 0 heterocycles. The predicted molar refractivity (Wildman–Crippen MR) is 75.6 cm³/mol. The number of hydrogen-bond acceptors (Lipinski definition) is 5. The summed E-state index contributed by atoms with van der Waals surface area (Å²) in [7, 11) is -7.22. The molecule has 1 N–H and O–H groups in total. The first-order valence-corrected chi connectivity index (χ1v) is 9.00. The molecule has 0 bridgehead atoms. The molecular formula is C12H18FNO5S2. The Balaban J connectivity index is 3.03. The Labute approximate surface area is 124 Å². The summed E-state index contributed by atoms with van der Waals surface area (Å²) >= 11 is 0. The fraction of sp³-hybridized carbons (Fsp3) is 0.500. The minimum atomic E-state index is -4.85. The van der Waals surface area contributed by atoms with Gasteiger partial charge in [-0.15, -0.1) is 3.89 Å². The van der Waals surface area contributed by atoms with Gasteiger partial charge in [0, 0.05) is 13.2 Å². The quantitative estimate of drug-likeness (QED) is 0.756. The van der Waals surface area contributed by atoms with E-state index in [9.17, 15) is 20.7 Å². The highest BCUT2D eigenvalue weighted by Crippen LogP contribution is 2.17. The Hall–Kier alpha value is -1.03. The van der Waals surface area contributed by atoms with Crippen LogP contribution in [0.1, 0.15) is 13.8 Å². The number of benzene rings is 1. The molecule has 6 nitrogen and oxygen atoms in total. The largest absolute Gasteiger partial charge is 0.383 e. The van der Waals surface area contributed by atoms with Crippen molar-refractivity contribution in [2.75, 3.05) is 13.7 Å². The highest BCUT2D eigenvalue weighted by molar-refractivity contribution is 7.89. The van der Waals surface area contributed by atoms with E-state index in [1.807, 2.05) is 13.8 Å². The summed E-state index contributed by atoms with van der Waals surface area (Å²) in [6.07, 6.45) is 0. The van der Waals surface area contributed by atoms with E-state index in [4.69, 9.17) is 4.74 Å². The summed E-state index contributed by atoms with van der Waals surface area (Å²) in [4.78, 5) is -0.726. The summed E-state index contributed by atoms with van der Waals surface area (Å²) in [5.41, 5.74) is 0. The fourth-order valence-electron chi connectivity index (χ4n) is 1.59. The van der Waals surface area contributed by atoms with Gasteiger partial charge in [0.2, 0.25) is 10.0 Å². The van der Waals surface area contributed by atoms with Crippen molar-refractivity contribution < 1.29 is 25.5 Å². The lowest BCUT2D eigenvalue weighted by atomic mass is 10.1. The lowest BCUT2D eigenvalue weighted by Crippen LogP contribution is -2.41. The molecule has 0 spiro atoms. The van der Waals surface area contributed by atoms with E-state index in [0.29, 0.717) is 0 Å². The third-order valence-electron chi connectivity index (χ3n) is 2.87. The highest BCUT2D eigenvalue weighted by atomic mass is 32.3. The van der Waals surface area contributed by atoms with Crippen LogP contribution in [0.2, 0.25) is 0 Å². The normalized spacial score (nSPS) is 14.3. The van der Waals surface area contributed by atoms with Crippen molar-refractivity contribution >= 4 is 20.2 Å². The SMILES string of the molecule is COCC(NS(=O)(=O)c1ccc(S(=O)(=O)F)cc1)C(C)C. The van der Waals surface area contributed by atoms with Crippen molar-refractivity contribution in [2.24, 2.45) is 5.92 Å². The van der Waals surface area contributed by atoms with E-state index in [0.717, 1.165) is 24.3 Å². The second-order valence-electron chi connectivity index (χ2n) is 4.84. The lowest BCUT2D eigenvalue weighted by molar-refractivity contribution is 0.157. The van der Waals surface area contributed by atoms with Gasteiger partial charge < -0.3 is 4.74 Å². The second-order valence-corrected chi connectivity index (χ2v) is 7.90. The smallest absolute Gasteiger partial charge is 0.332 e. The monoisotopic (exact) mass is 339 g/mol. The maximum atomic E-state index is 12.8. The van der Waals surface area contributed by atoms with Gasteiger partial charge in [0.25, 0.3) is 0 Å². The number of rotatable bonds is 7. The van der Waals surface area contributed by atoms with Crippen LogP contribution in [0.25, 0.3) is 0 Å². The van der Waals surface area contributed by atoms with Crippen molar-refractivity contribution in [3.05, 3.63) is 24.3 Å². The number of nitrogens with one attached hydrogen (secondary N) is 1. The molecule has 0 aromatic heterocycles. The summed E-state index contributed by atoms with van der Waals surface area (Å²) < 4.78 is 65.9. The number of ether oxygens (including phenoxy) is 1. The Kier molecular flexibility index (Phi) is 5.85. The summed E-state index contributed by atoms with van der Waals surface area (Å²) in [6, 6.07) is 3.47. The molecule has 0 amide bonds. The number of sulfonamides is 1. The molecule has 1 aromatic rings. The zero-order chi connectivity index (χ0) is 16.3. The van der Waals surface area contributed by atoms with Crippen LogP contribution < -0.4 is 4.72 Å². The maximum absolute atomic E-state index is 12.8. The third-order valence-corrected chi connectivity index (χ3v) is 5.21. The first-order valence-electron chi connectivity index (χ1n) is 6.14. The number of methoxy groups -OCH3 is 1. The van der Waals surface area contributed by atoms with Crippen molar-refractivity contribution in [1.82, 2.24) is 4.72 Å². The van der Waals surface area contributed by atoms with Crippen LogP contribution in [0.15, 0.2) is 34.1 Å². The van der Waals surface area contributed by atoms with Gasteiger partial charge in [0.1, 0.15) is 0 Å². The van der Waals surface area contributed by atoms with Crippen LogP contribution in [0.5, 0.6) is 0 Å². The van der Waals surface area contributed by atoms with Gasteiger partial charge in [0.05, 0.1) is 16.4 Å². The Morgan fingerprint density at radius 2 is 1.57 bits per heavy atom. The first-order chi connectivity index (χ1) is 9.58. The first kappa shape index (κ1) is 18.0. The Morgan fingerprint density at radius 3 is 1.95 bits per heavy atom. The second kappa shape index (κ2) is 6.82. The van der Waals surface area contributed by atoms with Gasteiger partial charge in [-0.05, 0) is 30.2 Å². The van der Waals surface area contributed by atoms with Crippen LogP contribution in [-0.4, -0.2) is 36.6 Å². The highest BCUT2D eigenvalue weighted by Gasteiger charge is 2.23. The number of hydrogen-bond donors (Lipinski definition) is 1. The van der Waals surface area contributed by atoms with Crippen molar-refractivity contribution in [3.8, 4) is 0 Å². The summed E-state index contributed by atoms with van der Waals surface area (Å²) in [5, 5.41) is 0. The van der Waals surface area contributed by atoms with Crippen LogP contribution in [-0.2, 0) is 25.0 Å². The molecule has 120 valence electrons. The van der Waals surface area contributed by atoms with E-state index in [-0.39, 0.29) is 17.4 Å². The molecule has 0 radical (unpaired) electrons. The standard InChI is InChI=1S/C12H18FNO5S2/c1-9(2)12(8-19-3)14-21(17,18)11-6-4-10(5-7-11)20(13,15)16/h4-7,9,12,14H,8H2,1-3H3. The van der Waals surface area contributed by atoms with E-state index in [2.05, 4.69) is 4.72 Å². The molecular weight excluding hydrogens is 321 g/mol. The topological polar surface area (TPSA) is 89.5 Å². The van der Waals surface area contributed by atoms with Gasteiger partial charge in [-0.1, -0.05) is 13.8 Å². The average Bonchev–Trinajstić information content (AvgIpc) is 2.37. The van der Waals surface area contributed by atoms with Crippen molar-refractivity contribution in [1.29, 1.82) is 0 Å². The van der Waals surface area contributed by atoms with Crippen LogP contribution in [0.3, 0.4) is 0 Å². The zero-order valence-corrected chi connectivity index (χ0v) is 13.5. The molecule has 0 aliphatic heterocycles. The van der Waals surface area contributed by atoms with E-state index in [1.54, 1.807) is 0 Å². The molecule has 0 fully saturated rings. The van der Waals surface area contributed by atoms with E-state index < -0.39 is 31.2 Å². The summed E-state index contributed by atoms with van der Waals surface area (Å²) in [6.45, 7) is 3.88. The maximum Gasteiger partial charge on any atom is 0.332 e.